The van der Waals surface area contributed by atoms with E-state index in [1.807, 2.05) is 60.7 Å². The molecule has 0 saturated carbocycles. The number of ether oxygens (including phenoxy) is 1. The Balaban J connectivity index is 1.99. The van der Waals surface area contributed by atoms with Gasteiger partial charge in [-0.05, 0) is 25.5 Å². The molecular formula is C21H24N4O. The highest BCUT2D eigenvalue weighted by molar-refractivity contribution is 5.68. The summed E-state index contributed by atoms with van der Waals surface area (Å²) < 4.78 is 5.42. The second-order valence-electron chi connectivity index (χ2n) is 6.11. The maximum Gasteiger partial charge on any atom is 0.163 e. The zero-order chi connectivity index (χ0) is 18.4. The third-order valence-corrected chi connectivity index (χ3v) is 4.13. The summed E-state index contributed by atoms with van der Waals surface area (Å²) in [7, 11) is 1.66. The first kappa shape index (κ1) is 17.7. The van der Waals surface area contributed by atoms with Gasteiger partial charge in [0.25, 0.3) is 0 Å². The summed E-state index contributed by atoms with van der Waals surface area (Å²) in [6.45, 7) is 4.28. The van der Waals surface area contributed by atoms with Crippen molar-refractivity contribution < 1.29 is 4.74 Å². The van der Waals surface area contributed by atoms with Crippen LogP contribution in [0.1, 0.15) is 20.3 Å². The first-order chi connectivity index (χ1) is 12.7. The second kappa shape index (κ2) is 8.34. The summed E-state index contributed by atoms with van der Waals surface area (Å²) >= 11 is 0. The monoisotopic (exact) mass is 348 g/mol. The van der Waals surface area contributed by atoms with Gasteiger partial charge in [-0.3, -0.25) is 0 Å². The molecule has 3 aromatic rings. The van der Waals surface area contributed by atoms with E-state index in [4.69, 9.17) is 4.74 Å². The van der Waals surface area contributed by atoms with Crippen LogP contribution in [0.3, 0.4) is 0 Å². The minimum absolute atomic E-state index is 0.327. The van der Waals surface area contributed by atoms with Crippen LogP contribution in [0.2, 0.25) is 0 Å². The van der Waals surface area contributed by atoms with Crippen molar-refractivity contribution in [3.05, 3.63) is 60.7 Å². The summed E-state index contributed by atoms with van der Waals surface area (Å²) in [5.41, 5.74) is 1.84. The molecule has 134 valence electrons. The van der Waals surface area contributed by atoms with Gasteiger partial charge in [-0.1, -0.05) is 49.4 Å². The number of para-hydroxylation sites is 2. The highest BCUT2D eigenvalue weighted by Crippen LogP contribution is 2.28. The number of nitrogens with zero attached hydrogens (tertiary/aromatic N) is 2. The normalized spacial score (nSPS) is 11.7. The minimum atomic E-state index is 0.327. The average Bonchev–Trinajstić information content (AvgIpc) is 2.69. The van der Waals surface area contributed by atoms with Crippen LogP contribution >= 0.6 is 0 Å². The molecule has 5 heteroatoms. The lowest BCUT2D eigenvalue weighted by molar-refractivity contribution is 0.417. The molecule has 0 fully saturated rings. The fourth-order valence-corrected chi connectivity index (χ4v) is 2.54. The summed E-state index contributed by atoms with van der Waals surface area (Å²) in [5, 5.41) is 6.78. The minimum Gasteiger partial charge on any atom is -0.495 e. The van der Waals surface area contributed by atoms with Crippen molar-refractivity contribution in [3.8, 4) is 17.1 Å². The molecule has 1 atom stereocenters. The number of aromatic nitrogens is 2. The highest BCUT2D eigenvalue weighted by Gasteiger charge is 2.10. The molecule has 3 rings (SSSR count). The Morgan fingerprint density at radius 1 is 0.962 bits per heavy atom. The summed E-state index contributed by atoms with van der Waals surface area (Å²) in [5.74, 6) is 2.96. The maximum atomic E-state index is 5.42. The van der Waals surface area contributed by atoms with E-state index in [9.17, 15) is 0 Å². The summed E-state index contributed by atoms with van der Waals surface area (Å²) in [6.07, 6.45) is 1.01. The molecule has 1 aromatic heterocycles. The van der Waals surface area contributed by atoms with Gasteiger partial charge in [0.2, 0.25) is 0 Å². The van der Waals surface area contributed by atoms with E-state index in [2.05, 4.69) is 34.4 Å². The number of benzene rings is 2. The van der Waals surface area contributed by atoms with Gasteiger partial charge in [-0.15, -0.1) is 0 Å². The van der Waals surface area contributed by atoms with Gasteiger partial charge in [0, 0.05) is 17.7 Å². The molecule has 0 bridgehead atoms. The second-order valence-corrected chi connectivity index (χ2v) is 6.11. The van der Waals surface area contributed by atoms with Crippen LogP contribution in [0.4, 0.5) is 17.3 Å². The van der Waals surface area contributed by atoms with E-state index in [-0.39, 0.29) is 0 Å². The van der Waals surface area contributed by atoms with Crippen LogP contribution in [0.25, 0.3) is 11.4 Å². The van der Waals surface area contributed by atoms with Gasteiger partial charge in [-0.2, -0.15) is 0 Å². The molecule has 2 N–H and O–H groups in total. The lowest BCUT2D eigenvalue weighted by atomic mass is 10.2. The van der Waals surface area contributed by atoms with Gasteiger partial charge in [-0.25, -0.2) is 9.97 Å². The quantitative estimate of drug-likeness (QED) is 0.621. The van der Waals surface area contributed by atoms with Crippen molar-refractivity contribution in [3.63, 3.8) is 0 Å². The number of hydrogen-bond donors (Lipinski definition) is 2. The predicted molar refractivity (Wildman–Crippen MR) is 107 cm³/mol. The molecule has 26 heavy (non-hydrogen) atoms. The molecule has 0 aliphatic rings. The van der Waals surface area contributed by atoms with Gasteiger partial charge in [0.15, 0.2) is 5.82 Å². The van der Waals surface area contributed by atoms with E-state index < -0.39 is 0 Å². The first-order valence-corrected chi connectivity index (χ1v) is 8.80. The van der Waals surface area contributed by atoms with Crippen molar-refractivity contribution in [2.75, 3.05) is 17.7 Å². The largest absolute Gasteiger partial charge is 0.495 e. The smallest absolute Gasteiger partial charge is 0.163 e. The van der Waals surface area contributed by atoms with Crippen LogP contribution in [-0.4, -0.2) is 23.1 Å². The third-order valence-electron chi connectivity index (χ3n) is 4.13. The topological polar surface area (TPSA) is 59.1 Å². The molecule has 1 heterocycles. The molecular weight excluding hydrogens is 324 g/mol. The Labute approximate surface area is 154 Å². The van der Waals surface area contributed by atoms with Crippen molar-refractivity contribution in [2.45, 2.75) is 26.3 Å². The Kier molecular flexibility index (Phi) is 5.69. The molecule has 0 aliphatic carbocycles. The maximum absolute atomic E-state index is 5.42. The number of anilines is 3. The van der Waals surface area contributed by atoms with Crippen molar-refractivity contribution in [1.82, 2.24) is 9.97 Å². The molecule has 1 unspecified atom stereocenters. The average molecular weight is 348 g/mol. The molecule has 0 saturated heterocycles. The third kappa shape index (κ3) is 4.30. The van der Waals surface area contributed by atoms with E-state index in [0.29, 0.717) is 17.7 Å². The summed E-state index contributed by atoms with van der Waals surface area (Å²) in [4.78, 5) is 9.37. The lowest BCUT2D eigenvalue weighted by Crippen LogP contribution is -2.15. The van der Waals surface area contributed by atoms with Crippen LogP contribution in [0.15, 0.2) is 60.7 Å². The fourth-order valence-electron chi connectivity index (χ4n) is 2.54. The number of methoxy groups -OCH3 is 1. The highest BCUT2D eigenvalue weighted by atomic mass is 16.5. The van der Waals surface area contributed by atoms with Crippen LogP contribution < -0.4 is 15.4 Å². The molecule has 0 aliphatic heterocycles. The zero-order valence-electron chi connectivity index (χ0n) is 15.4. The van der Waals surface area contributed by atoms with Gasteiger partial charge in [0.1, 0.15) is 17.4 Å². The predicted octanol–water partition coefficient (Wildman–Crippen LogP) is 5.11. The van der Waals surface area contributed by atoms with Gasteiger partial charge < -0.3 is 15.4 Å². The Morgan fingerprint density at radius 2 is 1.65 bits per heavy atom. The Hall–Kier alpha value is -3.08. The van der Waals surface area contributed by atoms with Crippen LogP contribution in [0, 0.1) is 0 Å². The zero-order valence-corrected chi connectivity index (χ0v) is 15.4. The van der Waals surface area contributed by atoms with E-state index in [1.54, 1.807) is 7.11 Å². The van der Waals surface area contributed by atoms with Gasteiger partial charge >= 0.3 is 0 Å². The van der Waals surface area contributed by atoms with Crippen molar-refractivity contribution in [1.29, 1.82) is 0 Å². The molecule has 2 aromatic carbocycles. The van der Waals surface area contributed by atoms with E-state index >= 15 is 0 Å². The molecule has 0 spiro atoms. The van der Waals surface area contributed by atoms with Crippen LogP contribution in [0.5, 0.6) is 5.75 Å². The van der Waals surface area contributed by atoms with Crippen LogP contribution in [-0.2, 0) is 0 Å². The number of hydrogen-bond acceptors (Lipinski definition) is 5. The van der Waals surface area contributed by atoms with Crippen molar-refractivity contribution in [2.24, 2.45) is 0 Å². The molecule has 0 amide bonds. The number of rotatable bonds is 7. The summed E-state index contributed by atoms with van der Waals surface area (Å²) in [6, 6.07) is 20.0. The molecule has 5 nitrogen and oxygen atoms in total. The Bertz CT molecular complexity index is 852. The van der Waals surface area contributed by atoms with E-state index in [0.717, 1.165) is 29.2 Å². The molecule has 0 radical (unpaired) electrons. The first-order valence-electron chi connectivity index (χ1n) is 8.80. The Morgan fingerprint density at radius 3 is 2.38 bits per heavy atom. The van der Waals surface area contributed by atoms with Gasteiger partial charge in [0.05, 0.1) is 12.8 Å². The van der Waals surface area contributed by atoms with Crippen molar-refractivity contribution >= 4 is 17.3 Å². The lowest BCUT2D eigenvalue weighted by Gasteiger charge is -2.16. The standard InChI is InChI=1S/C21H24N4O/c1-4-15(2)22-19-14-20(23-17-12-8-9-13-18(17)26-3)25-21(24-19)16-10-6-5-7-11-16/h5-15H,4H2,1-3H3,(H2,22,23,24,25). The number of nitrogens with one attached hydrogen (secondary N) is 2. The van der Waals surface area contributed by atoms with E-state index in [1.165, 1.54) is 0 Å². The SMILES string of the molecule is CCC(C)Nc1cc(Nc2ccccc2OC)nc(-c2ccccc2)n1. The fraction of sp³-hybridized carbons (Fsp3) is 0.238.